The molecule has 0 aromatic heterocycles. The van der Waals surface area contributed by atoms with Gasteiger partial charge < -0.3 is 5.32 Å². The molecule has 0 spiro atoms. The van der Waals surface area contributed by atoms with Crippen LogP contribution in [0.2, 0.25) is 0 Å². The second-order valence-corrected chi connectivity index (χ2v) is 4.50. The quantitative estimate of drug-likeness (QED) is 0.783. The first-order valence-electron chi connectivity index (χ1n) is 6.06. The van der Waals surface area contributed by atoms with Gasteiger partial charge in [-0.05, 0) is 31.0 Å². The molecule has 2 atom stereocenters. The zero-order chi connectivity index (χ0) is 12.1. The molecule has 1 saturated carbocycles. The summed E-state index contributed by atoms with van der Waals surface area (Å²) in [6.07, 6.45) is 9.81. The Hall–Kier alpha value is -1.93. The Morgan fingerprint density at radius 3 is 2.88 bits per heavy atom. The molecule has 2 heteroatoms. The molecule has 1 aliphatic carbocycles. The fraction of sp³-hybridized carbons (Fsp3) is 0.400. The Balaban J connectivity index is 2.09. The highest BCUT2D eigenvalue weighted by Gasteiger charge is 2.24. The number of nitrogens with one attached hydrogen (secondary N) is 1. The van der Waals surface area contributed by atoms with Crippen LogP contribution < -0.4 is 5.32 Å². The third-order valence-corrected chi connectivity index (χ3v) is 3.31. The van der Waals surface area contributed by atoms with E-state index in [1.165, 1.54) is 12.8 Å². The molecule has 1 aromatic carbocycles. The lowest BCUT2D eigenvalue weighted by molar-refractivity contribution is 0.389. The molecule has 1 aliphatic rings. The van der Waals surface area contributed by atoms with Crippen LogP contribution >= 0.6 is 0 Å². The van der Waals surface area contributed by atoms with E-state index in [4.69, 9.17) is 11.7 Å². The predicted molar refractivity (Wildman–Crippen MR) is 69.4 cm³/mol. The smallest absolute Gasteiger partial charge is 0.0677 e. The Morgan fingerprint density at radius 1 is 1.29 bits per heavy atom. The number of hydrogen-bond acceptors (Lipinski definition) is 2. The molecule has 2 nitrogen and oxygen atoms in total. The second-order valence-electron chi connectivity index (χ2n) is 4.50. The van der Waals surface area contributed by atoms with Gasteiger partial charge in [-0.3, -0.25) is 0 Å². The van der Waals surface area contributed by atoms with Crippen LogP contribution in [0.1, 0.15) is 31.2 Å². The first-order valence-corrected chi connectivity index (χ1v) is 6.06. The zero-order valence-electron chi connectivity index (χ0n) is 9.82. The summed E-state index contributed by atoms with van der Waals surface area (Å²) in [6, 6.07) is 10.5. The second kappa shape index (κ2) is 5.41. The van der Waals surface area contributed by atoms with Crippen molar-refractivity contribution in [1.29, 1.82) is 5.26 Å². The van der Waals surface area contributed by atoms with Crippen LogP contribution in [0.4, 0.5) is 5.69 Å². The highest BCUT2D eigenvalue weighted by atomic mass is 14.9. The minimum absolute atomic E-state index is 0.123. The fourth-order valence-corrected chi connectivity index (χ4v) is 2.37. The molecular weight excluding hydrogens is 208 g/mol. The Morgan fingerprint density at radius 2 is 2.12 bits per heavy atom. The van der Waals surface area contributed by atoms with Gasteiger partial charge in [0.2, 0.25) is 0 Å². The first kappa shape index (κ1) is 11.6. The van der Waals surface area contributed by atoms with Gasteiger partial charge in [-0.2, -0.15) is 5.26 Å². The summed E-state index contributed by atoms with van der Waals surface area (Å²) in [5, 5.41) is 12.6. The maximum absolute atomic E-state index is 9.12. The van der Waals surface area contributed by atoms with Crippen molar-refractivity contribution in [3.63, 3.8) is 0 Å². The third-order valence-electron chi connectivity index (χ3n) is 3.31. The zero-order valence-corrected chi connectivity index (χ0v) is 9.82. The summed E-state index contributed by atoms with van der Waals surface area (Å²) in [7, 11) is 0. The lowest BCUT2D eigenvalue weighted by Gasteiger charge is -2.28. The molecular formula is C15H16N2. The van der Waals surface area contributed by atoms with Gasteiger partial charge >= 0.3 is 0 Å². The summed E-state index contributed by atoms with van der Waals surface area (Å²) in [4.78, 5) is 0. The Bertz CT molecular complexity index is 465. The van der Waals surface area contributed by atoms with Crippen LogP contribution in [0.15, 0.2) is 24.3 Å². The van der Waals surface area contributed by atoms with E-state index in [1.54, 1.807) is 0 Å². The lowest BCUT2D eigenvalue weighted by Crippen LogP contribution is -2.31. The van der Waals surface area contributed by atoms with Crippen LogP contribution in [-0.4, -0.2) is 6.04 Å². The van der Waals surface area contributed by atoms with Gasteiger partial charge in [-0.15, -0.1) is 6.42 Å². The molecule has 0 saturated heterocycles. The maximum Gasteiger partial charge on any atom is 0.0677 e. The monoisotopic (exact) mass is 224 g/mol. The minimum atomic E-state index is 0.123. The van der Waals surface area contributed by atoms with E-state index in [2.05, 4.69) is 17.3 Å². The molecule has 1 aromatic rings. The SMILES string of the molecule is C#Cc1cccc(NC2CCCCC2C#N)c1. The molecule has 0 aliphatic heterocycles. The highest BCUT2D eigenvalue weighted by Crippen LogP contribution is 2.26. The van der Waals surface area contributed by atoms with Crippen LogP contribution in [0.25, 0.3) is 0 Å². The fourth-order valence-electron chi connectivity index (χ4n) is 2.37. The van der Waals surface area contributed by atoms with Crippen molar-refractivity contribution in [3.05, 3.63) is 29.8 Å². The maximum atomic E-state index is 9.12. The van der Waals surface area contributed by atoms with E-state index in [0.29, 0.717) is 0 Å². The van der Waals surface area contributed by atoms with Crippen LogP contribution in [0, 0.1) is 29.6 Å². The number of anilines is 1. The van der Waals surface area contributed by atoms with E-state index in [9.17, 15) is 0 Å². The molecule has 86 valence electrons. The van der Waals surface area contributed by atoms with E-state index >= 15 is 0 Å². The summed E-state index contributed by atoms with van der Waals surface area (Å²) in [6.45, 7) is 0. The lowest BCUT2D eigenvalue weighted by atomic mass is 9.85. The molecule has 2 rings (SSSR count). The molecule has 1 fully saturated rings. The average Bonchev–Trinajstić information content (AvgIpc) is 2.39. The molecule has 17 heavy (non-hydrogen) atoms. The van der Waals surface area contributed by atoms with Crippen molar-refractivity contribution in [2.24, 2.45) is 5.92 Å². The normalized spacial score (nSPS) is 23.4. The van der Waals surface area contributed by atoms with Crippen LogP contribution in [0.3, 0.4) is 0 Å². The number of benzene rings is 1. The minimum Gasteiger partial charge on any atom is -0.381 e. The van der Waals surface area contributed by atoms with Crippen molar-refractivity contribution < 1.29 is 0 Å². The van der Waals surface area contributed by atoms with Crippen molar-refractivity contribution in [2.45, 2.75) is 31.7 Å². The van der Waals surface area contributed by atoms with Gasteiger partial charge in [-0.1, -0.05) is 24.8 Å². The van der Waals surface area contributed by atoms with Gasteiger partial charge in [0.1, 0.15) is 0 Å². The molecule has 0 radical (unpaired) electrons. The van der Waals surface area contributed by atoms with Gasteiger partial charge in [-0.25, -0.2) is 0 Å². The van der Waals surface area contributed by atoms with Gasteiger partial charge in [0.15, 0.2) is 0 Å². The van der Waals surface area contributed by atoms with E-state index in [0.717, 1.165) is 24.1 Å². The van der Waals surface area contributed by atoms with E-state index < -0.39 is 0 Å². The van der Waals surface area contributed by atoms with Gasteiger partial charge in [0.05, 0.1) is 12.0 Å². The van der Waals surface area contributed by atoms with E-state index in [-0.39, 0.29) is 12.0 Å². The molecule has 1 N–H and O–H groups in total. The summed E-state index contributed by atoms with van der Waals surface area (Å²) in [5.74, 6) is 2.75. The van der Waals surface area contributed by atoms with Crippen LogP contribution in [-0.2, 0) is 0 Å². The summed E-state index contributed by atoms with van der Waals surface area (Å²) in [5.41, 5.74) is 1.90. The van der Waals surface area contributed by atoms with Crippen molar-refractivity contribution in [3.8, 4) is 18.4 Å². The number of nitrogens with zero attached hydrogens (tertiary/aromatic N) is 1. The third kappa shape index (κ3) is 2.80. The van der Waals surface area contributed by atoms with Crippen molar-refractivity contribution in [2.75, 3.05) is 5.32 Å². The Labute approximate surface area is 103 Å². The van der Waals surface area contributed by atoms with Gasteiger partial charge in [0.25, 0.3) is 0 Å². The van der Waals surface area contributed by atoms with Gasteiger partial charge in [0, 0.05) is 17.3 Å². The molecule has 0 bridgehead atoms. The van der Waals surface area contributed by atoms with Crippen molar-refractivity contribution in [1.82, 2.24) is 0 Å². The average molecular weight is 224 g/mol. The first-order chi connectivity index (χ1) is 8.33. The number of rotatable bonds is 2. The van der Waals surface area contributed by atoms with Crippen molar-refractivity contribution >= 4 is 5.69 Å². The number of hydrogen-bond donors (Lipinski definition) is 1. The number of nitriles is 1. The molecule has 0 amide bonds. The molecule has 0 heterocycles. The summed E-state index contributed by atoms with van der Waals surface area (Å²) < 4.78 is 0. The Kier molecular flexibility index (Phi) is 3.68. The van der Waals surface area contributed by atoms with Crippen LogP contribution in [0.5, 0.6) is 0 Å². The van der Waals surface area contributed by atoms with E-state index in [1.807, 2.05) is 24.3 Å². The number of terminal acetylenes is 1. The predicted octanol–water partition coefficient (Wildman–Crippen LogP) is 3.16. The molecule has 2 unspecified atom stereocenters. The largest absolute Gasteiger partial charge is 0.381 e. The summed E-state index contributed by atoms with van der Waals surface area (Å²) >= 11 is 0. The highest BCUT2D eigenvalue weighted by molar-refractivity contribution is 5.50. The standard InChI is InChI=1S/C15H16N2/c1-2-12-6-5-8-14(10-12)17-15-9-4-3-7-13(15)11-16/h1,5-6,8,10,13,15,17H,3-4,7,9H2. The topological polar surface area (TPSA) is 35.8 Å².